The third-order valence-electron chi connectivity index (χ3n) is 4.41. The van der Waals surface area contributed by atoms with E-state index in [-0.39, 0.29) is 11.9 Å². The highest BCUT2D eigenvalue weighted by Crippen LogP contribution is 2.29. The van der Waals surface area contributed by atoms with E-state index in [2.05, 4.69) is 29.4 Å². The number of hydrogen-bond acceptors (Lipinski definition) is 5. The van der Waals surface area contributed by atoms with Gasteiger partial charge in [-0.3, -0.25) is 4.79 Å². The first-order chi connectivity index (χ1) is 13.1. The summed E-state index contributed by atoms with van der Waals surface area (Å²) in [6, 6.07) is 7.91. The molecule has 27 heavy (non-hydrogen) atoms. The minimum absolute atomic E-state index is 0.0323. The van der Waals surface area contributed by atoms with Crippen molar-refractivity contribution >= 4 is 17.7 Å². The average molecular weight is 391 g/mol. The maximum absolute atomic E-state index is 12.2. The van der Waals surface area contributed by atoms with Crippen molar-refractivity contribution in [1.82, 2.24) is 20.1 Å². The van der Waals surface area contributed by atoms with Crippen molar-refractivity contribution in [2.75, 3.05) is 12.9 Å². The van der Waals surface area contributed by atoms with E-state index in [1.807, 2.05) is 35.9 Å². The lowest BCUT2D eigenvalue weighted by molar-refractivity contribution is -0.119. The van der Waals surface area contributed by atoms with E-state index in [4.69, 9.17) is 4.74 Å². The van der Waals surface area contributed by atoms with E-state index in [1.165, 1.54) is 31.0 Å². The number of hydrogen-bond donors (Lipinski definition) is 1. The number of thioether (sulfide) groups is 1. The quantitative estimate of drug-likeness (QED) is 0.463. The van der Waals surface area contributed by atoms with Gasteiger partial charge in [0.1, 0.15) is 5.75 Å². The van der Waals surface area contributed by atoms with Crippen molar-refractivity contribution in [3.8, 4) is 17.1 Å². The molecule has 1 atom stereocenters. The number of amides is 1. The fourth-order valence-electron chi connectivity index (χ4n) is 2.90. The summed E-state index contributed by atoms with van der Waals surface area (Å²) in [5.41, 5.74) is 0.881. The van der Waals surface area contributed by atoms with E-state index >= 15 is 0 Å². The zero-order chi connectivity index (χ0) is 19.6. The molecular weight excluding hydrogens is 360 g/mol. The molecule has 0 fully saturated rings. The van der Waals surface area contributed by atoms with Crippen LogP contribution in [-0.4, -0.2) is 39.6 Å². The van der Waals surface area contributed by atoms with E-state index < -0.39 is 0 Å². The van der Waals surface area contributed by atoms with Crippen LogP contribution in [0.3, 0.4) is 0 Å². The Balaban J connectivity index is 1.88. The van der Waals surface area contributed by atoms with Crippen LogP contribution in [-0.2, 0) is 11.8 Å². The summed E-state index contributed by atoms with van der Waals surface area (Å²) in [5, 5.41) is 12.3. The van der Waals surface area contributed by atoms with Crippen LogP contribution in [0.1, 0.15) is 46.0 Å². The molecule has 7 heteroatoms. The molecule has 6 nitrogen and oxygen atoms in total. The smallest absolute Gasteiger partial charge is 0.230 e. The summed E-state index contributed by atoms with van der Waals surface area (Å²) in [4.78, 5) is 12.2. The van der Waals surface area contributed by atoms with Gasteiger partial charge in [-0.05, 0) is 25.5 Å². The van der Waals surface area contributed by atoms with E-state index in [0.29, 0.717) is 10.9 Å². The van der Waals surface area contributed by atoms with Crippen LogP contribution in [0.15, 0.2) is 29.4 Å². The minimum atomic E-state index is 0.0323. The maximum Gasteiger partial charge on any atom is 0.230 e. The molecule has 0 saturated heterocycles. The topological polar surface area (TPSA) is 69.0 Å². The van der Waals surface area contributed by atoms with Gasteiger partial charge in [0.25, 0.3) is 0 Å². The van der Waals surface area contributed by atoms with Gasteiger partial charge in [0.2, 0.25) is 5.91 Å². The molecular formula is C20H30N4O2S. The molecule has 2 rings (SSSR count). The van der Waals surface area contributed by atoms with Crippen LogP contribution in [0, 0.1) is 0 Å². The van der Waals surface area contributed by atoms with Crippen molar-refractivity contribution < 1.29 is 9.53 Å². The SMILES string of the molecule is CCCCCC[C@H](C)NC(=O)CSc1nnc(-c2ccccc2OC)n1C. The van der Waals surface area contributed by atoms with Crippen molar-refractivity contribution in [2.45, 2.75) is 57.1 Å². The first kappa shape index (κ1) is 21.3. The number of nitrogens with one attached hydrogen (secondary N) is 1. The number of aromatic nitrogens is 3. The highest BCUT2D eigenvalue weighted by atomic mass is 32.2. The third-order valence-corrected chi connectivity index (χ3v) is 5.43. The number of rotatable bonds is 11. The zero-order valence-corrected chi connectivity index (χ0v) is 17.5. The molecule has 0 aliphatic carbocycles. The molecule has 1 N–H and O–H groups in total. The average Bonchev–Trinajstić information content (AvgIpc) is 3.04. The van der Waals surface area contributed by atoms with Crippen LogP contribution < -0.4 is 10.1 Å². The standard InChI is InChI=1S/C20H30N4O2S/c1-5-6-7-8-11-15(2)21-18(25)14-27-20-23-22-19(24(20)3)16-12-9-10-13-17(16)26-4/h9-10,12-13,15H,5-8,11,14H2,1-4H3,(H,21,25)/t15-/m0/s1. The van der Waals surface area contributed by atoms with E-state index in [9.17, 15) is 4.79 Å². The lowest BCUT2D eigenvalue weighted by atomic mass is 10.1. The summed E-state index contributed by atoms with van der Waals surface area (Å²) in [6.07, 6.45) is 5.91. The normalized spacial score (nSPS) is 12.0. The van der Waals surface area contributed by atoms with Crippen molar-refractivity contribution in [2.24, 2.45) is 7.05 Å². The molecule has 0 aliphatic heterocycles. The van der Waals surface area contributed by atoms with Crippen molar-refractivity contribution in [3.05, 3.63) is 24.3 Å². The van der Waals surface area contributed by atoms with Gasteiger partial charge < -0.3 is 14.6 Å². The fourth-order valence-corrected chi connectivity index (χ4v) is 3.62. The number of methoxy groups -OCH3 is 1. The summed E-state index contributed by atoms with van der Waals surface area (Å²) < 4.78 is 7.29. The second kappa shape index (κ2) is 11.0. The Morgan fingerprint density at radius 2 is 2.04 bits per heavy atom. The van der Waals surface area contributed by atoms with E-state index in [0.717, 1.165) is 30.0 Å². The van der Waals surface area contributed by atoms with Gasteiger partial charge >= 0.3 is 0 Å². The lowest BCUT2D eigenvalue weighted by Gasteiger charge is -2.13. The molecule has 1 aromatic carbocycles. The molecule has 1 amide bonds. The fraction of sp³-hybridized carbons (Fsp3) is 0.550. The van der Waals surface area contributed by atoms with Gasteiger partial charge in [-0.15, -0.1) is 10.2 Å². The highest BCUT2D eigenvalue weighted by molar-refractivity contribution is 7.99. The monoisotopic (exact) mass is 390 g/mol. The molecule has 0 aliphatic rings. The number of para-hydroxylation sites is 1. The molecule has 1 heterocycles. The van der Waals surface area contributed by atoms with Gasteiger partial charge in [-0.2, -0.15) is 0 Å². The Morgan fingerprint density at radius 1 is 1.26 bits per heavy atom. The van der Waals surface area contributed by atoms with E-state index in [1.54, 1.807) is 7.11 Å². The van der Waals surface area contributed by atoms with Gasteiger partial charge in [0.15, 0.2) is 11.0 Å². The van der Waals surface area contributed by atoms with Gasteiger partial charge in [-0.25, -0.2) is 0 Å². The van der Waals surface area contributed by atoms with Crippen molar-refractivity contribution in [1.29, 1.82) is 0 Å². The molecule has 1 aromatic heterocycles. The molecule has 0 radical (unpaired) electrons. The second-order valence-corrected chi connectivity index (χ2v) is 7.61. The molecule has 2 aromatic rings. The maximum atomic E-state index is 12.2. The van der Waals surface area contributed by atoms with Gasteiger partial charge in [0, 0.05) is 13.1 Å². The Hall–Kier alpha value is -2.02. The number of carbonyl (C=O) groups is 1. The predicted molar refractivity (Wildman–Crippen MR) is 110 cm³/mol. The highest BCUT2D eigenvalue weighted by Gasteiger charge is 2.16. The predicted octanol–water partition coefficient (Wildman–Crippen LogP) is 4.06. The lowest BCUT2D eigenvalue weighted by Crippen LogP contribution is -2.33. The number of unbranched alkanes of at least 4 members (excludes halogenated alkanes) is 3. The third kappa shape index (κ3) is 6.27. The van der Waals surface area contributed by atoms with Crippen LogP contribution >= 0.6 is 11.8 Å². The second-order valence-electron chi connectivity index (χ2n) is 6.67. The first-order valence-electron chi connectivity index (χ1n) is 9.51. The summed E-state index contributed by atoms with van der Waals surface area (Å²) in [7, 11) is 3.54. The van der Waals surface area contributed by atoms with Gasteiger partial charge in [0.05, 0.1) is 18.4 Å². The Kier molecular flexibility index (Phi) is 8.64. The molecule has 0 saturated carbocycles. The molecule has 148 valence electrons. The Morgan fingerprint density at radius 3 is 2.78 bits per heavy atom. The summed E-state index contributed by atoms with van der Waals surface area (Å²) in [5.74, 6) is 1.83. The van der Waals surface area contributed by atoms with Crippen LogP contribution in [0.4, 0.5) is 0 Å². The number of ether oxygens (including phenoxy) is 1. The largest absolute Gasteiger partial charge is 0.496 e. The molecule has 0 spiro atoms. The number of carbonyl (C=O) groups excluding carboxylic acids is 1. The van der Waals surface area contributed by atoms with Crippen LogP contribution in [0.2, 0.25) is 0 Å². The van der Waals surface area contributed by atoms with Gasteiger partial charge in [-0.1, -0.05) is 56.5 Å². The first-order valence-corrected chi connectivity index (χ1v) is 10.5. The Bertz CT molecular complexity index is 733. The molecule has 0 unspecified atom stereocenters. The summed E-state index contributed by atoms with van der Waals surface area (Å²) in [6.45, 7) is 4.27. The zero-order valence-electron chi connectivity index (χ0n) is 16.7. The number of nitrogens with zero attached hydrogens (tertiary/aromatic N) is 3. The summed E-state index contributed by atoms with van der Waals surface area (Å²) >= 11 is 1.39. The number of benzene rings is 1. The van der Waals surface area contributed by atoms with Crippen LogP contribution in [0.5, 0.6) is 5.75 Å². The Labute approximate surface area is 166 Å². The minimum Gasteiger partial charge on any atom is -0.496 e. The van der Waals surface area contributed by atoms with Crippen molar-refractivity contribution in [3.63, 3.8) is 0 Å². The molecule has 0 bridgehead atoms. The van der Waals surface area contributed by atoms with Crippen LogP contribution in [0.25, 0.3) is 11.4 Å².